The number of thioether (sulfide) groups is 1. The first-order chi connectivity index (χ1) is 8.98. The van der Waals surface area contributed by atoms with E-state index in [1.807, 2.05) is 19.9 Å². The van der Waals surface area contributed by atoms with Gasteiger partial charge in [0.15, 0.2) is 0 Å². The number of alkyl halides is 1. The van der Waals surface area contributed by atoms with Gasteiger partial charge in [-0.2, -0.15) is 16.1 Å². The average Bonchev–Trinajstić information content (AvgIpc) is 2.39. The second-order valence-electron chi connectivity index (χ2n) is 4.71. The van der Waals surface area contributed by atoms with Crippen molar-refractivity contribution in [1.82, 2.24) is 4.31 Å². The zero-order valence-corrected chi connectivity index (χ0v) is 13.5. The van der Waals surface area contributed by atoms with Crippen molar-refractivity contribution in [1.29, 1.82) is 0 Å². The molecule has 0 aromatic heterocycles. The van der Waals surface area contributed by atoms with Gasteiger partial charge in [0.05, 0.1) is 4.90 Å². The third kappa shape index (κ3) is 2.94. The van der Waals surface area contributed by atoms with E-state index in [0.717, 1.165) is 22.6 Å². The van der Waals surface area contributed by atoms with Crippen LogP contribution in [-0.2, 0) is 15.9 Å². The summed E-state index contributed by atoms with van der Waals surface area (Å²) in [5.74, 6) is 2.05. The van der Waals surface area contributed by atoms with E-state index in [1.54, 1.807) is 28.2 Å². The molecule has 0 aliphatic carbocycles. The second kappa shape index (κ2) is 6.04. The Bertz CT molecular complexity index is 560. The van der Waals surface area contributed by atoms with Crippen molar-refractivity contribution in [2.45, 2.75) is 30.7 Å². The maximum Gasteiger partial charge on any atom is 0.243 e. The van der Waals surface area contributed by atoms with Crippen LogP contribution in [0.25, 0.3) is 0 Å². The van der Waals surface area contributed by atoms with Crippen LogP contribution in [0, 0.1) is 6.92 Å². The third-order valence-electron chi connectivity index (χ3n) is 3.43. The Hall–Kier alpha value is -0.230. The summed E-state index contributed by atoms with van der Waals surface area (Å²) >= 11 is 7.66. The molecule has 1 aliphatic heterocycles. The number of hydrogen-bond donors (Lipinski definition) is 0. The highest BCUT2D eigenvalue weighted by Crippen LogP contribution is 2.28. The highest BCUT2D eigenvalue weighted by molar-refractivity contribution is 7.99. The molecule has 1 heterocycles. The van der Waals surface area contributed by atoms with E-state index in [9.17, 15) is 8.42 Å². The smallest absolute Gasteiger partial charge is 0.207 e. The number of sulfonamides is 1. The molecule has 1 aromatic rings. The predicted octanol–water partition coefficient (Wildman–Crippen LogP) is 2.86. The molecular weight excluding hydrogens is 302 g/mol. The van der Waals surface area contributed by atoms with Crippen LogP contribution in [0.15, 0.2) is 23.1 Å². The van der Waals surface area contributed by atoms with Crippen LogP contribution in [0.1, 0.15) is 18.1 Å². The van der Waals surface area contributed by atoms with Gasteiger partial charge in [-0.1, -0.05) is 12.1 Å². The number of benzene rings is 1. The number of hydrogen-bond acceptors (Lipinski definition) is 3. The van der Waals surface area contributed by atoms with Crippen molar-refractivity contribution in [3.8, 4) is 0 Å². The monoisotopic (exact) mass is 319 g/mol. The molecule has 0 amide bonds. The van der Waals surface area contributed by atoms with E-state index in [4.69, 9.17) is 11.6 Å². The number of halogens is 1. The topological polar surface area (TPSA) is 37.4 Å². The lowest BCUT2D eigenvalue weighted by atomic mass is 10.1. The minimum absolute atomic E-state index is 0.0443. The van der Waals surface area contributed by atoms with Crippen LogP contribution >= 0.6 is 23.4 Å². The fraction of sp³-hybridized carbons (Fsp3) is 0.538. The molecule has 19 heavy (non-hydrogen) atoms. The molecule has 1 atom stereocenters. The molecule has 0 saturated carbocycles. The fourth-order valence-electron chi connectivity index (χ4n) is 2.28. The van der Waals surface area contributed by atoms with Gasteiger partial charge < -0.3 is 0 Å². The van der Waals surface area contributed by atoms with Crippen molar-refractivity contribution in [3.05, 3.63) is 29.3 Å². The summed E-state index contributed by atoms with van der Waals surface area (Å²) in [6.45, 7) is 4.37. The van der Waals surface area contributed by atoms with E-state index < -0.39 is 10.0 Å². The highest BCUT2D eigenvalue weighted by Gasteiger charge is 2.32. The zero-order chi connectivity index (χ0) is 14.0. The van der Waals surface area contributed by atoms with Crippen molar-refractivity contribution in [2.24, 2.45) is 0 Å². The molecule has 1 fully saturated rings. The summed E-state index contributed by atoms with van der Waals surface area (Å²) in [5, 5.41) is 0. The molecule has 0 spiro atoms. The summed E-state index contributed by atoms with van der Waals surface area (Å²) in [6.07, 6.45) is 0. The van der Waals surface area contributed by atoms with Crippen molar-refractivity contribution >= 4 is 33.4 Å². The summed E-state index contributed by atoms with van der Waals surface area (Å²) < 4.78 is 27.1. The van der Waals surface area contributed by atoms with Crippen molar-refractivity contribution in [3.63, 3.8) is 0 Å². The largest absolute Gasteiger partial charge is 0.243 e. The predicted molar refractivity (Wildman–Crippen MR) is 81.4 cm³/mol. The molecule has 0 N–H and O–H groups in total. The zero-order valence-electron chi connectivity index (χ0n) is 11.1. The lowest BCUT2D eigenvalue weighted by molar-refractivity contribution is 0.367. The van der Waals surface area contributed by atoms with Gasteiger partial charge >= 0.3 is 0 Å². The maximum atomic E-state index is 12.8. The SMILES string of the molecule is Cc1c(CCl)cccc1S(=O)(=O)N1CCSCC1C. The van der Waals surface area contributed by atoms with E-state index >= 15 is 0 Å². The molecular formula is C13H18ClNO2S2. The van der Waals surface area contributed by atoms with Crippen LogP contribution in [0.4, 0.5) is 0 Å². The Balaban J connectivity index is 2.44. The first-order valence-electron chi connectivity index (χ1n) is 6.22. The van der Waals surface area contributed by atoms with Gasteiger partial charge in [-0.15, -0.1) is 11.6 Å². The van der Waals surface area contributed by atoms with E-state index in [-0.39, 0.29) is 6.04 Å². The molecule has 0 bridgehead atoms. The maximum absolute atomic E-state index is 12.8. The number of nitrogens with zero attached hydrogens (tertiary/aromatic N) is 1. The Morgan fingerprint density at radius 2 is 2.21 bits per heavy atom. The van der Waals surface area contributed by atoms with Gasteiger partial charge in [0.25, 0.3) is 0 Å². The van der Waals surface area contributed by atoms with Gasteiger partial charge in [-0.05, 0) is 31.0 Å². The Morgan fingerprint density at radius 1 is 1.47 bits per heavy atom. The standard InChI is InChI=1S/C13H18ClNO2S2/c1-10-9-18-7-6-15(10)19(16,17)13-5-3-4-12(8-14)11(13)2/h3-5,10H,6-9H2,1-2H3. The molecule has 6 heteroatoms. The van der Waals surface area contributed by atoms with Crippen LogP contribution in [0.3, 0.4) is 0 Å². The van der Waals surface area contributed by atoms with Crippen LogP contribution in [0.5, 0.6) is 0 Å². The first kappa shape index (κ1) is 15.2. The Kier molecular flexibility index (Phi) is 4.82. The fourth-order valence-corrected chi connectivity index (χ4v) is 5.69. The van der Waals surface area contributed by atoms with E-state index in [1.165, 1.54) is 0 Å². The van der Waals surface area contributed by atoms with Gasteiger partial charge in [-0.3, -0.25) is 0 Å². The molecule has 0 radical (unpaired) electrons. The number of rotatable bonds is 3. The lowest BCUT2D eigenvalue weighted by Crippen LogP contribution is -2.44. The second-order valence-corrected chi connectivity index (χ2v) is 7.99. The van der Waals surface area contributed by atoms with E-state index in [0.29, 0.717) is 17.3 Å². The Labute approximate surface area is 124 Å². The van der Waals surface area contributed by atoms with Crippen LogP contribution < -0.4 is 0 Å². The molecule has 1 saturated heterocycles. The van der Waals surface area contributed by atoms with E-state index in [2.05, 4.69) is 0 Å². The van der Waals surface area contributed by atoms with Gasteiger partial charge in [0.2, 0.25) is 10.0 Å². The third-order valence-corrected chi connectivity index (χ3v) is 7.07. The van der Waals surface area contributed by atoms with Crippen molar-refractivity contribution in [2.75, 3.05) is 18.1 Å². The van der Waals surface area contributed by atoms with Gasteiger partial charge in [0, 0.05) is 30.0 Å². The van der Waals surface area contributed by atoms with Gasteiger partial charge in [-0.25, -0.2) is 8.42 Å². The molecule has 1 unspecified atom stereocenters. The normalized spacial score (nSPS) is 21.5. The summed E-state index contributed by atoms with van der Waals surface area (Å²) in [5.41, 5.74) is 1.64. The van der Waals surface area contributed by atoms with Crippen molar-refractivity contribution < 1.29 is 8.42 Å². The summed E-state index contributed by atoms with van der Waals surface area (Å²) in [6, 6.07) is 5.36. The molecule has 1 aliphatic rings. The van der Waals surface area contributed by atoms with Gasteiger partial charge in [0.1, 0.15) is 0 Å². The summed E-state index contributed by atoms with van der Waals surface area (Å²) in [4.78, 5) is 0.393. The minimum atomic E-state index is -3.41. The molecule has 3 nitrogen and oxygen atoms in total. The first-order valence-corrected chi connectivity index (χ1v) is 9.35. The summed E-state index contributed by atoms with van der Waals surface area (Å²) in [7, 11) is -3.41. The van der Waals surface area contributed by atoms with Crippen LogP contribution in [0.2, 0.25) is 0 Å². The molecule has 1 aromatic carbocycles. The quantitative estimate of drug-likeness (QED) is 0.804. The Morgan fingerprint density at radius 3 is 2.84 bits per heavy atom. The molecule has 106 valence electrons. The van der Waals surface area contributed by atoms with Crippen LogP contribution in [-0.4, -0.2) is 36.8 Å². The minimum Gasteiger partial charge on any atom is -0.207 e. The highest BCUT2D eigenvalue weighted by atomic mass is 35.5. The molecule has 2 rings (SSSR count). The lowest BCUT2D eigenvalue weighted by Gasteiger charge is -2.32. The average molecular weight is 320 g/mol.